The van der Waals surface area contributed by atoms with Crippen molar-refractivity contribution in [3.8, 4) is 0 Å². The summed E-state index contributed by atoms with van der Waals surface area (Å²) in [6, 6.07) is 0. The Morgan fingerprint density at radius 2 is 2.31 bits per heavy atom. The van der Waals surface area contributed by atoms with Gasteiger partial charge in [0.1, 0.15) is 11.9 Å². The lowest BCUT2D eigenvalue weighted by molar-refractivity contribution is -0.138. The predicted octanol–water partition coefficient (Wildman–Crippen LogP) is 0.621. The summed E-state index contributed by atoms with van der Waals surface area (Å²) in [7, 11) is 0. The van der Waals surface area contributed by atoms with Crippen molar-refractivity contribution in [2.75, 3.05) is 13.2 Å². The quantitative estimate of drug-likeness (QED) is 0.599. The second-order valence-corrected chi connectivity index (χ2v) is 3.62. The predicted molar refractivity (Wildman–Crippen MR) is 43.9 cm³/mol. The topological polar surface area (TPSA) is 44.8 Å². The molecule has 2 aliphatic heterocycles. The van der Waals surface area contributed by atoms with Crippen molar-refractivity contribution in [1.29, 1.82) is 0 Å². The van der Waals surface area contributed by atoms with Gasteiger partial charge >= 0.3 is 0 Å². The maximum atomic E-state index is 10.9. The minimum Gasteiger partial charge on any atom is -0.487 e. The zero-order valence-electron chi connectivity index (χ0n) is 7.70. The highest BCUT2D eigenvalue weighted by Crippen LogP contribution is 2.28. The fraction of sp³-hybridized carbons (Fsp3) is 0.667. The lowest BCUT2D eigenvalue weighted by Gasteiger charge is -2.17. The van der Waals surface area contributed by atoms with Crippen molar-refractivity contribution in [2.24, 2.45) is 0 Å². The van der Waals surface area contributed by atoms with E-state index in [1.165, 1.54) is 6.08 Å². The average molecular weight is 184 g/mol. The largest absolute Gasteiger partial charge is 0.487 e. The third-order valence-electron chi connectivity index (χ3n) is 2.01. The van der Waals surface area contributed by atoms with Gasteiger partial charge in [-0.2, -0.15) is 0 Å². The van der Waals surface area contributed by atoms with E-state index in [0.717, 1.165) is 0 Å². The average Bonchev–Trinajstić information content (AvgIpc) is 2.56. The summed E-state index contributed by atoms with van der Waals surface area (Å²) in [5.74, 6) is 0.0134. The first-order chi connectivity index (χ1) is 6.07. The molecule has 2 aliphatic rings. The molecule has 0 N–H and O–H groups in total. The number of ether oxygens (including phenoxy) is 3. The Bertz CT molecular complexity index is 267. The molecule has 2 heterocycles. The molecule has 1 unspecified atom stereocenters. The monoisotopic (exact) mass is 184 g/mol. The van der Waals surface area contributed by atoms with Gasteiger partial charge in [-0.25, -0.2) is 0 Å². The van der Waals surface area contributed by atoms with Crippen LogP contribution < -0.4 is 0 Å². The van der Waals surface area contributed by atoms with Crippen molar-refractivity contribution in [2.45, 2.75) is 25.7 Å². The lowest BCUT2D eigenvalue weighted by atomic mass is 10.3. The molecule has 0 spiro atoms. The van der Waals surface area contributed by atoms with Gasteiger partial charge in [0, 0.05) is 6.08 Å². The standard InChI is InChI=1S/C9H12O4/c1-9(2)12-5-8(13-9)7-3-6(10)4-11-7/h3,8H,4-5H2,1-2H3. The maximum absolute atomic E-state index is 10.9. The van der Waals surface area contributed by atoms with Crippen molar-refractivity contribution >= 4 is 5.78 Å². The van der Waals surface area contributed by atoms with Crippen molar-refractivity contribution in [1.82, 2.24) is 0 Å². The van der Waals surface area contributed by atoms with Crippen molar-refractivity contribution in [3.05, 3.63) is 11.8 Å². The Morgan fingerprint density at radius 3 is 2.77 bits per heavy atom. The summed E-state index contributed by atoms with van der Waals surface area (Å²) in [6.07, 6.45) is 1.26. The van der Waals surface area contributed by atoms with Crippen LogP contribution >= 0.6 is 0 Å². The van der Waals surface area contributed by atoms with Gasteiger partial charge in [-0.1, -0.05) is 0 Å². The number of hydrogen-bond acceptors (Lipinski definition) is 4. The molecule has 4 heteroatoms. The molecule has 0 aromatic heterocycles. The fourth-order valence-electron chi connectivity index (χ4n) is 1.41. The van der Waals surface area contributed by atoms with Gasteiger partial charge in [-0.15, -0.1) is 0 Å². The van der Waals surface area contributed by atoms with E-state index in [1.807, 2.05) is 13.8 Å². The van der Waals surface area contributed by atoms with Crippen LogP contribution in [0.25, 0.3) is 0 Å². The second kappa shape index (κ2) is 2.82. The molecule has 13 heavy (non-hydrogen) atoms. The Morgan fingerprint density at radius 1 is 1.54 bits per heavy atom. The molecular formula is C9H12O4. The van der Waals surface area contributed by atoms with E-state index < -0.39 is 5.79 Å². The number of ketones is 1. The molecule has 1 atom stereocenters. The molecule has 0 saturated carbocycles. The van der Waals surface area contributed by atoms with E-state index in [-0.39, 0.29) is 18.5 Å². The molecule has 0 radical (unpaired) electrons. The molecule has 1 fully saturated rings. The van der Waals surface area contributed by atoms with Gasteiger partial charge in [-0.3, -0.25) is 4.79 Å². The molecular weight excluding hydrogens is 172 g/mol. The molecule has 0 bridgehead atoms. The van der Waals surface area contributed by atoms with Crippen LogP contribution in [0.2, 0.25) is 0 Å². The molecule has 2 rings (SSSR count). The SMILES string of the molecule is CC1(C)OCC(C2=CC(=O)CO2)O1. The minimum atomic E-state index is -0.569. The van der Waals surface area contributed by atoms with Crippen LogP contribution in [-0.4, -0.2) is 30.9 Å². The summed E-state index contributed by atoms with van der Waals surface area (Å²) >= 11 is 0. The Kier molecular flexibility index (Phi) is 1.89. The van der Waals surface area contributed by atoms with Crippen LogP contribution in [-0.2, 0) is 19.0 Å². The maximum Gasteiger partial charge on any atom is 0.196 e. The Labute approximate surface area is 76.5 Å². The van der Waals surface area contributed by atoms with E-state index in [4.69, 9.17) is 14.2 Å². The van der Waals surface area contributed by atoms with E-state index in [9.17, 15) is 4.79 Å². The molecule has 72 valence electrons. The number of hydrogen-bond donors (Lipinski definition) is 0. The van der Waals surface area contributed by atoms with Crippen LogP contribution in [0.4, 0.5) is 0 Å². The summed E-state index contributed by atoms with van der Waals surface area (Å²) < 4.78 is 16.0. The van der Waals surface area contributed by atoms with E-state index in [2.05, 4.69) is 0 Å². The van der Waals surface area contributed by atoms with Crippen molar-refractivity contribution in [3.63, 3.8) is 0 Å². The smallest absolute Gasteiger partial charge is 0.196 e. The number of carbonyl (C=O) groups is 1. The van der Waals surface area contributed by atoms with Crippen molar-refractivity contribution < 1.29 is 19.0 Å². The van der Waals surface area contributed by atoms with Crippen LogP contribution in [0.5, 0.6) is 0 Å². The third-order valence-corrected chi connectivity index (χ3v) is 2.01. The second-order valence-electron chi connectivity index (χ2n) is 3.62. The third kappa shape index (κ3) is 1.73. The van der Waals surface area contributed by atoms with E-state index in [1.54, 1.807) is 0 Å². The first-order valence-corrected chi connectivity index (χ1v) is 4.26. The first kappa shape index (κ1) is 8.72. The number of rotatable bonds is 1. The summed E-state index contributed by atoms with van der Waals surface area (Å²) in [4.78, 5) is 10.9. The zero-order chi connectivity index (χ0) is 9.47. The molecule has 1 saturated heterocycles. The van der Waals surface area contributed by atoms with Crippen LogP contribution in [0, 0.1) is 0 Å². The molecule has 0 amide bonds. The number of carbonyl (C=O) groups excluding carboxylic acids is 1. The van der Waals surface area contributed by atoms with E-state index in [0.29, 0.717) is 12.4 Å². The normalized spacial score (nSPS) is 31.7. The van der Waals surface area contributed by atoms with Gasteiger partial charge in [0.05, 0.1) is 6.61 Å². The minimum absolute atomic E-state index is 0.0108. The van der Waals surface area contributed by atoms with Gasteiger partial charge in [-0.05, 0) is 13.8 Å². The highest BCUT2D eigenvalue weighted by Gasteiger charge is 2.37. The molecule has 0 aliphatic carbocycles. The first-order valence-electron chi connectivity index (χ1n) is 4.26. The highest BCUT2D eigenvalue weighted by molar-refractivity contribution is 5.93. The van der Waals surface area contributed by atoms with Gasteiger partial charge in [0.15, 0.2) is 18.2 Å². The van der Waals surface area contributed by atoms with Crippen LogP contribution in [0.1, 0.15) is 13.8 Å². The fourth-order valence-corrected chi connectivity index (χ4v) is 1.41. The summed E-state index contributed by atoms with van der Waals surface area (Å²) in [5.41, 5.74) is 0. The van der Waals surface area contributed by atoms with Gasteiger partial charge in [0.25, 0.3) is 0 Å². The molecule has 4 nitrogen and oxygen atoms in total. The van der Waals surface area contributed by atoms with Gasteiger partial charge < -0.3 is 14.2 Å². The lowest BCUT2D eigenvalue weighted by Crippen LogP contribution is -2.22. The van der Waals surface area contributed by atoms with Crippen LogP contribution in [0.15, 0.2) is 11.8 Å². The molecule has 0 aromatic rings. The highest BCUT2D eigenvalue weighted by atomic mass is 16.7. The van der Waals surface area contributed by atoms with Gasteiger partial charge in [0.2, 0.25) is 0 Å². The Balaban J connectivity index is 2.04. The molecule has 0 aromatic carbocycles. The van der Waals surface area contributed by atoms with E-state index >= 15 is 0 Å². The Hall–Kier alpha value is -0.870. The zero-order valence-corrected chi connectivity index (χ0v) is 7.70. The summed E-state index contributed by atoms with van der Waals surface area (Å²) in [5, 5.41) is 0. The van der Waals surface area contributed by atoms with Crippen LogP contribution in [0.3, 0.4) is 0 Å². The summed E-state index contributed by atoms with van der Waals surface area (Å²) in [6.45, 7) is 4.26.